The fourth-order valence-corrected chi connectivity index (χ4v) is 3.02. The van der Waals surface area contributed by atoms with E-state index in [-0.39, 0.29) is 17.7 Å². The van der Waals surface area contributed by atoms with E-state index in [4.69, 9.17) is 9.15 Å². The highest BCUT2D eigenvalue weighted by Gasteiger charge is 2.17. The average molecular weight is 285 g/mol. The van der Waals surface area contributed by atoms with E-state index in [0.717, 1.165) is 14.9 Å². The topological polar surface area (TPSA) is 78.1 Å². The Balaban J connectivity index is 2.09. The molecule has 0 aromatic carbocycles. The third-order valence-corrected chi connectivity index (χ3v) is 4.01. The number of carbonyl (C=O) groups excluding carboxylic acids is 1. The molecule has 96 valence electrons. The van der Waals surface area contributed by atoms with Crippen LogP contribution in [-0.2, 0) is 4.74 Å². The third kappa shape index (κ3) is 2.88. The molecule has 2 aromatic rings. The van der Waals surface area contributed by atoms with Gasteiger partial charge in [-0.3, -0.25) is 0 Å². The molecule has 0 saturated heterocycles. The summed E-state index contributed by atoms with van der Waals surface area (Å²) in [6.45, 7) is 5.92. The molecule has 2 rings (SSSR count). The van der Waals surface area contributed by atoms with Crippen molar-refractivity contribution in [2.24, 2.45) is 0 Å². The van der Waals surface area contributed by atoms with Gasteiger partial charge in [0.1, 0.15) is 0 Å². The van der Waals surface area contributed by atoms with Gasteiger partial charge in [0, 0.05) is 16.6 Å². The van der Waals surface area contributed by atoms with Crippen LogP contribution in [0.3, 0.4) is 0 Å². The zero-order valence-corrected chi connectivity index (χ0v) is 11.7. The van der Waals surface area contributed by atoms with Crippen molar-refractivity contribution in [1.82, 2.24) is 15.2 Å². The minimum Gasteiger partial charge on any atom is -0.459 e. The minimum atomic E-state index is -0.608. The Labute approximate surface area is 112 Å². The molecule has 0 fully saturated rings. The van der Waals surface area contributed by atoms with Gasteiger partial charge in [0.25, 0.3) is 5.22 Å². The number of ether oxygens (including phenoxy) is 1. The smallest absolute Gasteiger partial charge is 0.396 e. The van der Waals surface area contributed by atoms with Crippen LogP contribution in [0.1, 0.15) is 28.2 Å². The van der Waals surface area contributed by atoms with E-state index < -0.39 is 5.97 Å². The summed E-state index contributed by atoms with van der Waals surface area (Å²) in [6.07, 6.45) is 0. The van der Waals surface area contributed by atoms with Crippen molar-refractivity contribution in [3.63, 3.8) is 0 Å². The fraction of sp³-hybridized carbons (Fsp3) is 0.400. The van der Waals surface area contributed by atoms with Gasteiger partial charge in [-0.2, -0.15) is 0 Å². The van der Waals surface area contributed by atoms with Crippen LogP contribution in [-0.4, -0.2) is 27.8 Å². The van der Waals surface area contributed by atoms with E-state index in [9.17, 15) is 4.79 Å². The first-order valence-corrected chi connectivity index (χ1v) is 6.86. The van der Waals surface area contributed by atoms with E-state index in [0.29, 0.717) is 0 Å². The van der Waals surface area contributed by atoms with Crippen LogP contribution in [0.15, 0.2) is 14.0 Å². The Bertz CT molecular complexity index is 545. The summed E-state index contributed by atoms with van der Waals surface area (Å²) in [7, 11) is 0. The van der Waals surface area contributed by atoms with Crippen molar-refractivity contribution < 1.29 is 13.9 Å². The van der Waals surface area contributed by atoms with Crippen molar-refractivity contribution in [2.75, 3.05) is 6.61 Å². The molecule has 0 spiro atoms. The van der Waals surface area contributed by atoms with E-state index in [1.54, 1.807) is 18.3 Å². The highest BCUT2D eigenvalue weighted by molar-refractivity contribution is 8.00. The van der Waals surface area contributed by atoms with Crippen LogP contribution in [0.25, 0.3) is 0 Å². The maximum atomic E-state index is 11.3. The van der Waals surface area contributed by atoms with Gasteiger partial charge in [0.15, 0.2) is 4.34 Å². The number of carbonyl (C=O) groups is 1. The summed E-state index contributed by atoms with van der Waals surface area (Å²) in [5, 5.41) is 7.67. The maximum Gasteiger partial charge on any atom is 0.396 e. The molecule has 0 bridgehead atoms. The predicted octanol–water partition coefficient (Wildman–Crippen LogP) is 2.47. The second-order valence-electron chi connectivity index (χ2n) is 3.32. The van der Waals surface area contributed by atoms with Gasteiger partial charge in [-0.05, 0) is 20.8 Å². The highest BCUT2D eigenvalue weighted by Crippen LogP contribution is 2.31. The number of esters is 1. The molecule has 0 aliphatic carbocycles. The van der Waals surface area contributed by atoms with Gasteiger partial charge in [-0.25, -0.2) is 9.78 Å². The number of hydrogen-bond donors (Lipinski definition) is 0. The second kappa shape index (κ2) is 5.49. The summed E-state index contributed by atoms with van der Waals surface area (Å²) >= 11 is 2.78. The van der Waals surface area contributed by atoms with Crippen LogP contribution in [0.2, 0.25) is 0 Å². The fourth-order valence-electron chi connectivity index (χ4n) is 1.09. The Morgan fingerprint density at radius 3 is 2.83 bits per heavy atom. The Morgan fingerprint density at radius 2 is 2.22 bits per heavy atom. The molecule has 2 aromatic heterocycles. The Hall–Kier alpha value is -1.41. The number of aryl methyl sites for hydroxylation is 2. The minimum absolute atomic E-state index is 0.135. The Morgan fingerprint density at radius 1 is 1.44 bits per heavy atom. The van der Waals surface area contributed by atoms with Crippen molar-refractivity contribution in [1.29, 1.82) is 0 Å². The molecule has 6 nitrogen and oxygen atoms in total. The molecular formula is C10H11N3O3S2. The lowest BCUT2D eigenvalue weighted by molar-refractivity contribution is 0.0475. The standard InChI is InChI=1S/C10H11N3O3S2/c1-4-15-8(14)7-12-13-9(16-7)18-10-11-5(2)6(3)17-10/h4H2,1-3H3. The third-order valence-electron chi connectivity index (χ3n) is 2.04. The van der Waals surface area contributed by atoms with Crippen LogP contribution in [0, 0.1) is 13.8 Å². The van der Waals surface area contributed by atoms with Crippen molar-refractivity contribution in [3.8, 4) is 0 Å². The molecule has 0 radical (unpaired) electrons. The largest absolute Gasteiger partial charge is 0.459 e. The number of aromatic nitrogens is 3. The maximum absolute atomic E-state index is 11.3. The van der Waals surface area contributed by atoms with Crippen LogP contribution < -0.4 is 0 Å². The molecule has 18 heavy (non-hydrogen) atoms. The normalized spacial score (nSPS) is 10.6. The monoisotopic (exact) mass is 285 g/mol. The van der Waals surface area contributed by atoms with Crippen LogP contribution in [0.4, 0.5) is 0 Å². The van der Waals surface area contributed by atoms with Crippen LogP contribution in [0.5, 0.6) is 0 Å². The summed E-state index contributed by atoms with van der Waals surface area (Å²) in [4.78, 5) is 16.8. The molecule has 0 aliphatic rings. The summed E-state index contributed by atoms with van der Waals surface area (Å²) in [5.41, 5.74) is 0.979. The van der Waals surface area contributed by atoms with Crippen molar-refractivity contribution in [2.45, 2.75) is 30.3 Å². The lowest BCUT2D eigenvalue weighted by atomic mass is 10.4. The zero-order valence-electron chi connectivity index (χ0n) is 10.1. The molecule has 0 aliphatic heterocycles. The first-order chi connectivity index (χ1) is 8.60. The molecule has 2 heterocycles. The van der Waals surface area contributed by atoms with Gasteiger partial charge in [-0.1, -0.05) is 5.10 Å². The summed E-state index contributed by atoms with van der Waals surface area (Å²) in [6, 6.07) is 0. The highest BCUT2D eigenvalue weighted by atomic mass is 32.2. The van der Waals surface area contributed by atoms with Gasteiger partial charge in [0.05, 0.1) is 12.3 Å². The molecule has 8 heteroatoms. The first-order valence-electron chi connectivity index (χ1n) is 5.22. The zero-order chi connectivity index (χ0) is 13.1. The van der Waals surface area contributed by atoms with Gasteiger partial charge in [0.2, 0.25) is 0 Å². The van der Waals surface area contributed by atoms with Gasteiger partial charge in [-0.15, -0.1) is 16.4 Å². The number of nitrogens with zero attached hydrogens (tertiary/aromatic N) is 3. The van der Waals surface area contributed by atoms with Crippen LogP contribution >= 0.6 is 23.1 Å². The van der Waals surface area contributed by atoms with Crippen molar-refractivity contribution >= 4 is 29.1 Å². The number of rotatable bonds is 4. The van der Waals surface area contributed by atoms with E-state index >= 15 is 0 Å². The molecule has 0 amide bonds. The SMILES string of the molecule is CCOC(=O)c1nnc(Sc2nc(C)c(C)s2)o1. The molecule has 0 unspecified atom stereocenters. The molecule has 0 N–H and O–H groups in total. The van der Waals surface area contributed by atoms with E-state index in [1.807, 2.05) is 13.8 Å². The first kappa shape index (κ1) is 13.0. The average Bonchev–Trinajstić information content (AvgIpc) is 2.88. The molecule has 0 saturated carbocycles. The predicted molar refractivity (Wildman–Crippen MR) is 66.0 cm³/mol. The second-order valence-corrected chi connectivity index (χ2v) is 5.72. The van der Waals surface area contributed by atoms with E-state index in [2.05, 4.69) is 15.2 Å². The number of thiazole rings is 1. The van der Waals surface area contributed by atoms with Gasteiger partial charge >= 0.3 is 11.9 Å². The molecule has 0 atom stereocenters. The number of hydrogen-bond acceptors (Lipinski definition) is 8. The summed E-state index contributed by atoms with van der Waals surface area (Å²) < 4.78 is 10.8. The molecular weight excluding hydrogens is 274 g/mol. The lowest BCUT2D eigenvalue weighted by Gasteiger charge is -1.94. The van der Waals surface area contributed by atoms with Crippen molar-refractivity contribution in [3.05, 3.63) is 16.5 Å². The Kier molecular flexibility index (Phi) is 3.97. The summed E-state index contributed by atoms with van der Waals surface area (Å²) in [5.74, 6) is -0.743. The van der Waals surface area contributed by atoms with Gasteiger partial charge < -0.3 is 9.15 Å². The lowest BCUT2D eigenvalue weighted by Crippen LogP contribution is -2.04. The quantitative estimate of drug-likeness (QED) is 0.798. The van der Waals surface area contributed by atoms with E-state index in [1.165, 1.54) is 11.8 Å².